The number of aryl methyl sites for hydroxylation is 1. The van der Waals surface area contributed by atoms with Gasteiger partial charge < -0.3 is 14.3 Å². The second kappa shape index (κ2) is 8.31. The standard InChI is InChI=1S/C21H22N2O3S/c1-14-11-20(15(2)23(14)12-18-5-4-10-26-18)21(25)13-27-19-8-6-17(7-9-19)22-16(3)24/h4-11H,12-13H2,1-3H3,(H,22,24). The van der Waals surface area contributed by atoms with Crippen molar-refractivity contribution in [3.8, 4) is 0 Å². The number of carbonyl (C=O) groups excluding carboxylic acids is 2. The fourth-order valence-corrected chi connectivity index (χ4v) is 3.73. The summed E-state index contributed by atoms with van der Waals surface area (Å²) in [5, 5.41) is 2.73. The highest BCUT2D eigenvalue weighted by atomic mass is 32.2. The smallest absolute Gasteiger partial charge is 0.221 e. The topological polar surface area (TPSA) is 64.2 Å². The Morgan fingerprint density at radius 2 is 1.89 bits per heavy atom. The van der Waals surface area contributed by atoms with Crippen LogP contribution in [0.25, 0.3) is 0 Å². The first-order chi connectivity index (χ1) is 12.9. The maximum atomic E-state index is 12.7. The Morgan fingerprint density at radius 1 is 1.15 bits per heavy atom. The molecule has 140 valence electrons. The number of aromatic nitrogens is 1. The van der Waals surface area contributed by atoms with Gasteiger partial charge in [0.05, 0.1) is 18.6 Å². The maximum Gasteiger partial charge on any atom is 0.221 e. The van der Waals surface area contributed by atoms with E-state index in [0.29, 0.717) is 12.3 Å². The van der Waals surface area contributed by atoms with Crippen LogP contribution in [0.2, 0.25) is 0 Å². The molecule has 1 amide bonds. The normalized spacial score (nSPS) is 10.8. The molecule has 3 aromatic rings. The zero-order valence-corrected chi connectivity index (χ0v) is 16.4. The summed E-state index contributed by atoms with van der Waals surface area (Å²) in [7, 11) is 0. The summed E-state index contributed by atoms with van der Waals surface area (Å²) in [6, 6.07) is 13.2. The van der Waals surface area contributed by atoms with E-state index in [-0.39, 0.29) is 11.7 Å². The molecule has 0 unspecified atom stereocenters. The Labute approximate surface area is 162 Å². The molecule has 5 nitrogen and oxygen atoms in total. The molecule has 0 aliphatic rings. The van der Waals surface area contributed by atoms with Gasteiger partial charge in [0.15, 0.2) is 5.78 Å². The first-order valence-electron chi connectivity index (χ1n) is 8.67. The molecule has 6 heteroatoms. The van der Waals surface area contributed by atoms with Crippen LogP contribution >= 0.6 is 11.8 Å². The van der Waals surface area contributed by atoms with Crippen molar-refractivity contribution in [3.63, 3.8) is 0 Å². The predicted octanol–water partition coefficient (Wildman–Crippen LogP) is 4.68. The number of thioether (sulfide) groups is 1. The van der Waals surface area contributed by atoms with Crippen LogP contribution in [0.1, 0.15) is 34.4 Å². The molecule has 1 aromatic carbocycles. The highest BCUT2D eigenvalue weighted by Crippen LogP contribution is 2.24. The number of anilines is 1. The van der Waals surface area contributed by atoms with E-state index in [0.717, 1.165) is 33.3 Å². The van der Waals surface area contributed by atoms with Crippen LogP contribution in [0.5, 0.6) is 0 Å². The van der Waals surface area contributed by atoms with E-state index >= 15 is 0 Å². The second-order valence-electron chi connectivity index (χ2n) is 6.37. The average Bonchev–Trinajstić information content (AvgIpc) is 3.24. The first-order valence-corrected chi connectivity index (χ1v) is 9.65. The van der Waals surface area contributed by atoms with Crippen molar-refractivity contribution >= 4 is 29.1 Å². The SMILES string of the molecule is CC(=O)Nc1ccc(SCC(=O)c2cc(C)n(Cc3ccco3)c2C)cc1. The van der Waals surface area contributed by atoms with Crippen LogP contribution in [-0.4, -0.2) is 22.0 Å². The van der Waals surface area contributed by atoms with Crippen LogP contribution < -0.4 is 5.32 Å². The van der Waals surface area contributed by atoms with Crippen LogP contribution in [0.3, 0.4) is 0 Å². The number of furan rings is 1. The average molecular weight is 382 g/mol. The number of benzene rings is 1. The summed E-state index contributed by atoms with van der Waals surface area (Å²) in [5.41, 5.74) is 3.49. The lowest BCUT2D eigenvalue weighted by Crippen LogP contribution is -2.07. The summed E-state index contributed by atoms with van der Waals surface area (Å²) in [4.78, 5) is 24.8. The number of carbonyl (C=O) groups is 2. The molecule has 0 aliphatic carbocycles. The Bertz CT molecular complexity index is 941. The summed E-state index contributed by atoms with van der Waals surface area (Å²) in [6.45, 7) is 6.07. The zero-order chi connectivity index (χ0) is 19.4. The Hall–Kier alpha value is -2.73. The van der Waals surface area contributed by atoms with Crippen molar-refractivity contribution in [2.75, 3.05) is 11.1 Å². The molecule has 0 aliphatic heterocycles. The second-order valence-corrected chi connectivity index (χ2v) is 7.42. The molecule has 2 heterocycles. The van der Waals surface area contributed by atoms with E-state index in [1.54, 1.807) is 6.26 Å². The van der Waals surface area contributed by atoms with Crippen molar-refractivity contribution in [2.45, 2.75) is 32.2 Å². The fraction of sp³-hybridized carbons (Fsp3) is 0.238. The maximum absolute atomic E-state index is 12.7. The summed E-state index contributed by atoms with van der Waals surface area (Å²) >= 11 is 1.49. The van der Waals surface area contributed by atoms with Gasteiger partial charge in [0.25, 0.3) is 0 Å². The van der Waals surface area contributed by atoms with Crippen molar-refractivity contribution < 1.29 is 14.0 Å². The predicted molar refractivity (Wildman–Crippen MR) is 108 cm³/mol. The minimum Gasteiger partial charge on any atom is -0.467 e. The molecule has 0 atom stereocenters. The lowest BCUT2D eigenvalue weighted by Gasteiger charge is -2.08. The molecule has 0 saturated heterocycles. The third-order valence-corrected chi connectivity index (χ3v) is 5.32. The Kier molecular flexibility index (Phi) is 5.86. The van der Waals surface area contributed by atoms with E-state index < -0.39 is 0 Å². The van der Waals surface area contributed by atoms with Gasteiger partial charge in [-0.1, -0.05) is 0 Å². The molecule has 2 aromatic heterocycles. The highest BCUT2D eigenvalue weighted by molar-refractivity contribution is 8.00. The lowest BCUT2D eigenvalue weighted by molar-refractivity contribution is -0.114. The van der Waals surface area contributed by atoms with Crippen molar-refractivity contribution in [1.29, 1.82) is 0 Å². The van der Waals surface area contributed by atoms with Crippen LogP contribution in [0.4, 0.5) is 5.69 Å². The van der Waals surface area contributed by atoms with Crippen LogP contribution in [-0.2, 0) is 11.3 Å². The van der Waals surface area contributed by atoms with Gasteiger partial charge in [-0.05, 0) is 56.3 Å². The van der Waals surface area contributed by atoms with Gasteiger partial charge in [0.2, 0.25) is 5.91 Å². The third kappa shape index (κ3) is 4.71. The Balaban J connectivity index is 1.65. The highest BCUT2D eigenvalue weighted by Gasteiger charge is 2.16. The molecule has 0 fully saturated rings. The molecule has 0 spiro atoms. The van der Waals surface area contributed by atoms with Gasteiger partial charge in [-0.3, -0.25) is 9.59 Å². The van der Waals surface area contributed by atoms with E-state index in [1.807, 2.05) is 56.3 Å². The monoisotopic (exact) mass is 382 g/mol. The number of nitrogens with one attached hydrogen (secondary N) is 1. The molecule has 0 radical (unpaired) electrons. The van der Waals surface area contributed by atoms with Crippen LogP contribution in [0, 0.1) is 13.8 Å². The Morgan fingerprint density at radius 3 is 2.52 bits per heavy atom. The van der Waals surface area contributed by atoms with Crippen molar-refractivity contribution in [2.24, 2.45) is 0 Å². The van der Waals surface area contributed by atoms with Gasteiger partial charge in [0, 0.05) is 34.5 Å². The quantitative estimate of drug-likeness (QED) is 0.476. The number of rotatable bonds is 7. The molecule has 1 N–H and O–H groups in total. The fourth-order valence-electron chi connectivity index (χ4n) is 2.95. The summed E-state index contributed by atoms with van der Waals surface area (Å²) < 4.78 is 7.52. The first kappa shape index (κ1) is 19.0. The minimum atomic E-state index is -0.101. The summed E-state index contributed by atoms with van der Waals surface area (Å²) in [5.74, 6) is 1.23. The molecule has 0 saturated carbocycles. The van der Waals surface area contributed by atoms with Crippen molar-refractivity contribution in [3.05, 3.63) is 71.4 Å². The number of amides is 1. The van der Waals surface area contributed by atoms with E-state index in [4.69, 9.17) is 4.42 Å². The lowest BCUT2D eigenvalue weighted by atomic mass is 10.2. The van der Waals surface area contributed by atoms with Crippen molar-refractivity contribution in [1.82, 2.24) is 4.57 Å². The van der Waals surface area contributed by atoms with Gasteiger partial charge >= 0.3 is 0 Å². The number of hydrogen-bond donors (Lipinski definition) is 1. The van der Waals surface area contributed by atoms with Gasteiger partial charge in [-0.15, -0.1) is 11.8 Å². The summed E-state index contributed by atoms with van der Waals surface area (Å²) in [6.07, 6.45) is 1.66. The number of nitrogens with zero attached hydrogens (tertiary/aromatic N) is 1. The molecule has 27 heavy (non-hydrogen) atoms. The largest absolute Gasteiger partial charge is 0.467 e. The van der Waals surface area contributed by atoms with Gasteiger partial charge in [-0.2, -0.15) is 0 Å². The number of hydrogen-bond acceptors (Lipinski definition) is 4. The number of Topliss-reactive ketones (excluding diaryl/α,β-unsaturated/α-hetero) is 1. The molecule has 3 rings (SSSR count). The minimum absolute atomic E-state index is 0.101. The van der Waals surface area contributed by atoms with Gasteiger partial charge in [-0.25, -0.2) is 0 Å². The molecular weight excluding hydrogens is 360 g/mol. The molecular formula is C21H22N2O3S. The van der Waals surface area contributed by atoms with E-state index in [2.05, 4.69) is 9.88 Å². The van der Waals surface area contributed by atoms with E-state index in [9.17, 15) is 9.59 Å². The number of ketones is 1. The molecule has 0 bridgehead atoms. The zero-order valence-electron chi connectivity index (χ0n) is 15.6. The van der Waals surface area contributed by atoms with Crippen LogP contribution in [0.15, 0.2) is 58.0 Å². The van der Waals surface area contributed by atoms with Gasteiger partial charge in [0.1, 0.15) is 5.76 Å². The van der Waals surface area contributed by atoms with E-state index in [1.165, 1.54) is 18.7 Å². The third-order valence-electron chi connectivity index (χ3n) is 4.31.